The summed E-state index contributed by atoms with van der Waals surface area (Å²) in [7, 11) is 0. The van der Waals surface area contributed by atoms with Crippen molar-refractivity contribution < 1.29 is 20.1 Å². The molecule has 0 saturated carbocycles. The summed E-state index contributed by atoms with van der Waals surface area (Å²) in [4.78, 5) is 0. The number of ether oxygens (including phenoxy) is 1. The standard InChI is InChI=1S/C6H12O4/c1-4-5(8)6(9,2-7)3-10-4/h4-5,7-9H,2-3H2,1H3. The van der Waals surface area contributed by atoms with Gasteiger partial charge in [0.15, 0.2) is 0 Å². The van der Waals surface area contributed by atoms with Crippen molar-refractivity contribution in [1.29, 1.82) is 0 Å². The zero-order valence-corrected chi connectivity index (χ0v) is 5.82. The highest BCUT2D eigenvalue weighted by atomic mass is 16.5. The number of hydrogen-bond donors (Lipinski definition) is 3. The van der Waals surface area contributed by atoms with E-state index in [9.17, 15) is 10.2 Å². The van der Waals surface area contributed by atoms with Crippen LogP contribution in [0.5, 0.6) is 0 Å². The first kappa shape index (κ1) is 7.94. The van der Waals surface area contributed by atoms with Crippen molar-refractivity contribution in [2.45, 2.75) is 24.7 Å². The lowest BCUT2D eigenvalue weighted by molar-refractivity contribution is -0.0805. The third-order valence-electron chi connectivity index (χ3n) is 1.87. The summed E-state index contributed by atoms with van der Waals surface area (Å²) in [6.45, 7) is 1.20. The molecule has 1 heterocycles. The van der Waals surface area contributed by atoms with E-state index < -0.39 is 24.4 Å². The van der Waals surface area contributed by atoms with Gasteiger partial charge in [-0.15, -0.1) is 0 Å². The highest BCUT2D eigenvalue weighted by Gasteiger charge is 2.45. The fraction of sp³-hybridized carbons (Fsp3) is 1.00. The molecule has 0 radical (unpaired) electrons. The van der Waals surface area contributed by atoms with E-state index in [-0.39, 0.29) is 6.61 Å². The summed E-state index contributed by atoms with van der Waals surface area (Å²) in [6, 6.07) is 0. The molecule has 3 N–H and O–H groups in total. The molecule has 0 aromatic rings. The fourth-order valence-electron chi connectivity index (χ4n) is 1.03. The Kier molecular flexibility index (Phi) is 1.96. The fourth-order valence-corrected chi connectivity index (χ4v) is 1.03. The molecule has 4 heteroatoms. The smallest absolute Gasteiger partial charge is 0.139 e. The predicted molar refractivity (Wildman–Crippen MR) is 33.5 cm³/mol. The summed E-state index contributed by atoms with van der Waals surface area (Å²) in [5.41, 5.74) is -1.45. The second-order valence-electron chi connectivity index (χ2n) is 2.72. The van der Waals surface area contributed by atoms with Crippen molar-refractivity contribution in [3.05, 3.63) is 0 Å². The minimum atomic E-state index is -1.45. The Hall–Kier alpha value is -0.160. The van der Waals surface area contributed by atoms with Crippen LogP contribution in [0.25, 0.3) is 0 Å². The van der Waals surface area contributed by atoms with Gasteiger partial charge in [0.05, 0.1) is 19.3 Å². The Morgan fingerprint density at radius 1 is 1.70 bits per heavy atom. The maximum atomic E-state index is 9.31. The second kappa shape index (κ2) is 2.47. The molecule has 1 aliphatic rings. The average molecular weight is 148 g/mol. The highest BCUT2D eigenvalue weighted by Crippen LogP contribution is 2.23. The van der Waals surface area contributed by atoms with Crippen molar-refractivity contribution in [3.63, 3.8) is 0 Å². The molecule has 0 aromatic heterocycles. The van der Waals surface area contributed by atoms with Crippen LogP contribution in [-0.2, 0) is 4.74 Å². The number of aliphatic hydroxyl groups excluding tert-OH is 2. The van der Waals surface area contributed by atoms with E-state index in [0.29, 0.717) is 0 Å². The van der Waals surface area contributed by atoms with Crippen molar-refractivity contribution in [3.8, 4) is 0 Å². The first-order chi connectivity index (χ1) is 4.60. The first-order valence-corrected chi connectivity index (χ1v) is 3.23. The predicted octanol–water partition coefficient (Wildman–Crippen LogP) is -1.51. The van der Waals surface area contributed by atoms with Crippen molar-refractivity contribution in [2.75, 3.05) is 13.2 Å². The number of aliphatic hydroxyl groups is 3. The normalized spacial score (nSPS) is 48.0. The van der Waals surface area contributed by atoms with E-state index in [4.69, 9.17) is 9.84 Å². The van der Waals surface area contributed by atoms with E-state index in [1.807, 2.05) is 0 Å². The molecule has 1 fully saturated rings. The molecule has 3 unspecified atom stereocenters. The van der Waals surface area contributed by atoms with Crippen LogP contribution in [0.2, 0.25) is 0 Å². The van der Waals surface area contributed by atoms with Crippen LogP contribution < -0.4 is 0 Å². The summed E-state index contributed by atoms with van der Waals surface area (Å²) >= 11 is 0. The van der Waals surface area contributed by atoms with Crippen LogP contribution in [0.4, 0.5) is 0 Å². The second-order valence-corrected chi connectivity index (χ2v) is 2.72. The lowest BCUT2D eigenvalue weighted by Gasteiger charge is -2.22. The Morgan fingerprint density at radius 3 is 2.50 bits per heavy atom. The molecule has 1 rings (SSSR count). The largest absolute Gasteiger partial charge is 0.393 e. The van der Waals surface area contributed by atoms with Gasteiger partial charge in [-0.1, -0.05) is 0 Å². The lowest BCUT2D eigenvalue weighted by Crippen LogP contribution is -2.46. The molecular formula is C6H12O4. The van der Waals surface area contributed by atoms with Crippen LogP contribution in [0.15, 0.2) is 0 Å². The minimum Gasteiger partial charge on any atom is -0.393 e. The SMILES string of the molecule is CC1OCC(O)(CO)C1O. The summed E-state index contributed by atoms with van der Waals surface area (Å²) in [5.74, 6) is 0. The molecule has 0 spiro atoms. The molecule has 10 heavy (non-hydrogen) atoms. The molecule has 3 atom stereocenters. The van der Waals surface area contributed by atoms with E-state index in [0.717, 1.165) is 0 Å². The molecule has 1 saturated heterocycles. The third kappa shape index (κ3) is 1.03. The number of hydrogen-bond acceptors (Lipinski definition) is 4. The van der Waals surface area contributed by atoms with Crippen LogP contribution in [-0.4, -0.2) is 46.3 Å². The maximum Gasteiger partial charge on any atom is 0.139 e. The average Bonchev–Trinajstić information content (AvgIpc) is 2.19. The molecular weight excluding hydrogens is 136 g/mol. The van der Waals surface area contributed by atoms with Gasteiger partial charge in [-0.25, -0.2) is 0 Å². The molecule has 0 aromatic carbocycles. The van der Waals surface area contributed by atoms with Gasteiger partial charge in [0, 0.05) is 0 Å². The van der Waals surface area contributed by atoms with E-state index >= 15 is 0 Å². The Balaban J connectivity index is 2.64. The quantitative estimate of drug-likeness (QED) is 0.423. The Morgan fingerprint density at radius 2 is 2.30 bits per heavy atom. The first-order valence-electron chi connectivity index (χ1n) is 3.23. The van der Waals surface area contributed by atoms with E-state index in [1.165, 1.54) is 0 Å². The van der Waals surface area contributed by atoms with Crippen LogP contribution in [0, 0.1) is 0 Å². The van der Waals surface area contributed by atoms with E-state index in [2.05, 4.69) is 0 Å². The van der Waals surface area contributed by atoms with Gasteiger partial charge in [-0.05, 0) is 6.92 Å². The highest BCUT2D eigenvalue weighted by molar-refractivity contribution is 4.94. The van der Waals surface area contributed by atoms with Crippen molar-refractivity contribution >= 4 is 0 Å². The van der Waals surface area contributed by atoms with Crippen molar-refractivity contribution in [1.82, 2.24) is 0 Å². The van der Waals surface area contributed by atoms with Gasteiger partial charge < -0.3 is 20.1 Å². The van der Waals surface area contributed by atoms with Crippen LogP contribution >= 0.6 is 0 Å². The topological polar surface area (TPSA) is 69.9 Å². The Bertz CT molecular complexity index is 127. The zero-order valence-electron chi connectivity index (χ0n) is 5.82. The summed E-state index contributed by atoms with van der Waals surface area (Å²) in [5, 5.41) is 27.1. The molecule has 0 amide bonds. The van der Waals surface area contributed by atoms with E-state index in [1.54, 1.807) is 6.92 Å². The lowest BCUT2D eigenvalue weighted by atomic mass is 9.99. The van der Waals surface area contributed by atoms with Crippen molar-refractivity contribution in [2.24, 2.45) is 0 Å². The third-order valence-corrected chi connectivity index (χ3v) is 1.87. The van der Waals surface area contributed by atoms with Gasteiger partial charge in [0.25, 0.3) is 0 Å². The molecule has 0 aliphatic carbocycles. The summed E-state index contributed by atoms with van der Waals surface area (Å²) in [6.07, 6.45) is -1.37. The minimum absolute atomic E-state index is 0.00579. The van der Waals surface area contributed by atoms with Gasteiger partial charge in [0.2, 0.25) is 0 Å². The van der Waals surface area contributed by atoms with Gasteiger partial charge >= 0.3 is 0 Å². The Labute approximate surface area is 59.1 Å². The maximum absolute atomic E-state index is 9.31. The summed E-state index contributed by atoms with van der Waals surface area (Å²) < 4.78 is 4.91. The van der Waals surface area contributed by atoms with Crippen LogP contribution in [0.3, 0.4) is 0 Å². The molecule has 60 valence electrons. The monoisotopic (exact) mass is 148 g/mol. The van der Waals surface area contributed by atoms with Gasteiger partial charge in [-0.2, -0.15) is 0 Å². The molecule has 1 aliphatic heterocycles. The molecule has 0 bridgehead atoms. The van der Waals surface area contributed by atoms with Gasteiger partial charge in [-0.3, -0.25) is 0 Å². The van der Waals surface area contributed by atoms with Gasteiger partial charge in [0.1, 0.15) is 11.7 Å². The zero-order chi connectivity index (χ0) is 7.78. The van der Waals surface area contributed by atoms with Crippen LogP contribution in [0.1, 0.15) is 6.92 Å². The number of rotatable bonds is 1. The molecule has 4 nitrogen and oxygen atoms in total.